The Morgan fingerprint density at radius 2 is 1.70 bits per heavy atom. The summed E-state index contributed by atoms with van der Waals surface area (Å²) in [5.74, 6) is -1.32. The van der Waals surface area contributed by atoms with E-state index in [0.29, 0.717) is 11.4 Å². The van der Waals surface area contributed by atoms with Crippen LogP contribution in [0.4, 0.5) is 17.2 Å². The zero-order valence-electron chi connectivity index (χ0n) is 18.3. The van der Waals surface area contributed by atoms with Crippen molar-refractivity contribution in [3.05, 3.63) is 76.6 Å². The zero-order chi connectivity index (χ0) is 23.7. The standard InChI is InChI=1S/C24H23N5O4/c1-4-28(5-2)17-12-8-16(9-13-17)25-20-14(3)19-21(26-22(20)30)27-29(23(19)31)18-10-6-15(7-11-18)24(32)33/h6-13,27H,3-5H2,1-2H3,(H,26,30)(H,32,33). The van der Waals surface area contributed by atoms with E-state index in [-0.39, 0.29) is 28.2 Å². The molecule has 9 nitrogen and oxygen atoms in total. The van der Waals surface area contributed by atoms with Crippen molar-refractivity contribution in [1.29, 1.82) is 0 Å². The smallest absolute Gasteiger partial charge is 0.335 e. The lowest BCUT2D eigenvalue weighted by molar-refractivity contribution is -0.110. The van der Waals surface area contributed by atoms with Crippen molar-refractivity contribution < 1.29 is 14.7 Å². The molecule has 33 heavy (non-hydrogen) atoms. The summed E-state index contributed by atoms with van der Waals surface area (Å²) < 4.78 is 1.23. The number of fused-ring (bicyclic) bond motifs is 1. The molecule has 0 fully saturated rings. The number of carboxylic acids is 1. The van der Waals surface area contributed by atoms with Gasteiger partial charge in [-0.15, -0.1) is 0 Å². The third-order valence-electron chi connectivity index (χ3n) is 5.52. The number of carbonyl (C=O) groups is 2. The third-order valence-corrected chi connectivity index (χ3v) is 5.52. The normalized spacial score (nSPS) is 14.2. The summed E-state index contributed by atoms with van der Waals surface area (Å²) in [6, 6.07) is 13.3. The number of aromatic carboxylic acids is 1. The van der Waals surface area contributed by atoms with Crippen LogP contribution in [0.15, 0.2) is 64.9 Å². The lowest BCUT2D eigenvalue weighted by Crippen LogP contribution is -2.30. The SMILES string of the molecule is C=C1C(=Nc2ccc(N(CC)CC)cc2)C(=O)Nc2[nH]n(-c3ccc(C(=O)O)cc3)c(=O)c21. The molecule has 1 aliphatic rings. The van der Waals surface area contributed by atoms with E-state index in [1.54, 1.807) is 0 Å². The highest BCUT2D eigenvalue weighted by Crippen LogP contribution is 2.28. The van der Waals surface area contributed by atoms with Gasteiger partial charge in [-0.2, -0.15) is 0 Å². The van der Waals surface area contributed by atoms with Gasteiger partial charge >= 0.3 is 5.97 Å². The summed E-state index contributed by atoms with van der Waals surface area (Å²) in [4.78, 5) is 43.5. The second kappa shape index (κ2) is 8.62. The largest absolute Gasteiger partial charge is 0.478 e. The molecule has 0 atom stereocenters. The Balaban J connectivity index is 1.68. The molecule has 0 unspecified atom stereocenters. The van der Waals surface area contributed by atoms with Crippen molar-refractivity contribution in [3.63, 3.8) is 0 Å². The van der Waals surface area contributed by atoms with E-state index in [1.807, 2.05) is 24.3 Å². The number of aliphatic imine (C=N–C) groups is 1. The molecule has 2 aromatic carbocycles. The maximum atomic E-state index is 13.1. The van der Waals surface area contributed by atoms with Gasteiger partial charge in [-0.05, 0) is 62.4 Å². The number of aromatic nitrogens is 2. The lowest BCUT2D eigenvalue weighted by atomic mass is 10.0. The molecule has 9 heteroatoms. The Hall–Kier alpha value is -4.40. The number of aromatic amines is 1. The molecular formula is C24H23N5O4. The summed E-state index contributed by atoms with van der Waals surface area (Å²) in [7, 11) is 0. The predicted octanol–water partition coefficient (Wildman–Crippen LogP) is 3.45. The summed E-state index contributed by atoms with van der Waals surface area (Å²) >= 11 is 0. The van der Waals surface area contributed by atoms with Crippen LogP contribution in [0.25, 0.3) is 11.3 Å². The van der Waals surface area contributed by atoms with Crippen LogP contribution in [0, 0.1) is 0 Å². The van der Waals surface area contributed by atoms with Gasteiger partial charge in [-0.25, -0.2) is 14.5 Å². The lowest BCUT2D eigenvalue weighted by Gasteiger charge is -2.21. The van der Waals surface area contributed by atoms with Crippen molar-refractivity contribution in [2.45, 2.75) is 13.8 Å². The highest BCUT2D eigenvalue weighted by molar-refractivity contribution is 6.60. The molecule has 1 amide bonds. The molecule has 0 saturated heterocycles. The van der Waals surface area contributed by atoms with E-state index in [2.05, 4.69) is 40.7 Å². The first-order chi connectivity index (χ1) is 15.8. The van der Waals surface area contributed by atoms with Crippen LogP contribution in [-0.4, -0.2) is 45.6 Å². The summed E-state index contributed by atoms with van der Waals surface area (Å²) in [6.45, 7) is 9.87. The Kier molecular flexibility index (Phi) is 5.70. The topological polar surface area (TPSA) is 120 Å². The Morgan fingerprint density at radius 3 is 2.27 bits per heavy atom. The van der Waals surface area contributed by atoms with Crippen molar-refractivity contribution in [2.24, 2.45) is 4.99 Å². The number of nitrogens with one attached hydrogen (secondary N) is 2. The predicted molar refractivity (Wildman–Crippen MR) is 128 cm³/mol. The molecule has 0 saturated carbocycles. The molecule has 0 aliphatic carbocycles. The average Bonchev–Trinajstić information content (AvgIpc) is 3.14. The molecule has 168 valence electrons. The second-order valence-electron chi connectivity index (χ2n) is 7.44. The first-order valence-corrected chi connectivity index (χ1v) is 10.5. The van der Waals surface area contributed by atoms with Crippen LogP contribution in [0.2, 0.25) is 0 Å². The van der Waals surface area contributed by atoms with Crippen molar-refractivity contribution >= 4 is 40.4 Å². The minimum atomic E-state index is -1.06. The molecule has 2 heterocycles. The third kappa shape index (κ3) is 3.96. The van der Waals surface area contributed by atoms with E-state index >= 15 is 0 Å². The Labute approximate surface area is 189 Å². The van der Waals surface area contributed by atoms with Gasteiger partial charge in [0.1, 0.15) is 11.5 Å². The first kappa shape index (κ1) is 21.8. The van der Waals surface area contributed by atoms with Gasteiger partial charge in [-0.1, -0.05) is 6.58 Å². The zero-order valence-corrected chi connectivity index (χ0v) is 18.3. The van der Waals surface area contributed by atoms with E-state index in [9.17, 15) is 14.4 Å². The molecule has 3 aromatic rings. The number of nitrogens with zero attached hydrogens (tertiary/aromatic N) is 3. The molecule has 4 rings (SSSR count). The molecule has 0 spiro atoms. The summed E-state index contributed by atoms with van der Waals surface area (Å²) in [5.41, 5.74) is 2.19. The van der Waals surface area contributed by atoms with Crippen molar-refractivity contribution in [1.82, 2.24) is 9.78 Å². The van der Waals surface area contributed by atoms with Crippen LogP contribution < -0.4 is 15.8 Å². The summed E-state index contributed by atoms with van der Waals surface area (Å²) in [5, 5.41) is 14.6. The number of hydrogen-bond acceptors (Lipinski definition) is 5. The number of hydrogen-bond donors (Lipinski definition) is 3. The molecule has 1 aliphatic heterocycles. The van der Waals surface area contributed by atoms with Crippen LogP contribution in [0.3, 0.4) is 0 Å². The Bertz CT molecular complexity index is 1330. The second-order valence-corrected chi connectivity index (χ2v) is 7.44. The van der Waals surface area contributed by atoms with Gasteiger partial charge in [0.05, 0.1) is 22.5 Å². The molecular weight excluding hydrogens is 422 g/mol. The van der Waals surface area contributed by atoms with Gasteiger partial charge < -0.3 is 15.3 Å². The molecule has 1 aromatic heterocycles. The fraction of sp³-hybridized carbons (Fsp3) is 0.167. The number of rotatable bonds is 6. The average molecular weight is 445 g/mol. The van der Waals surface area contributed by atoms with E-state index in [4.69, 9.17) is 5.11 Å². The van der Waals surface area contributed by atoms with Gasteiger partial charge in [-0.3, -0.25) is 14.7 Å². The number of anilines is 2. The van der Waals surface area contributed by atoms with Crippen LogP contribution in [0.5, 0.6) is 0 Å². The van der Waals surface area contributed by atoms with Gasteiger partial charge in [0.25, 0.3) is 11.5 Å². The van der Waals surface area contributed by atoms with Crippen LogP contribution >= 0.6 is 0 Å². The quantitative estimate of drug-likeness (QED) is 0.537. The number of amides is 1. The maximum absolute atomic E-state index is 13.1. The van der Waals surface area contributed by atoms with Gasteiger partial charge in [0.15, 0.2) is 0 Å². The molecule has 0 bridgehead atoms. The van der Waals surface area contributed by atoms with Gasteiger partial charge in [0, 0.05) is 24.4 Å². The van der Waals surface area contributed by atoms with Crippen molar-refractivity contribution in [3.8, 4) is 5.69 Å². The number of benzene rings is 2. The first-order valence-electron chi connectivity index (χ1n) is 10.5. The van der Waals surface area contributed by atoms with Gasteiger partial charge in [0.2, 0.25) is 0 Å². The van der Waals surface area contributed by atoms with Crippen LogP contribution in [0.1, 0.15) is 29.8 Å². The number of carboxylic acid groups (broad SMARTS) is 1. The van der Waals surface area contributed by atoms with Crippen molar-refractivity contribution in [2.75, 3.05) is 23.3 Å². The highest BCUT2D eigenvalue weighted by atomic mass is 16.4. The van der Waals surface area contributed by atoms with Crippen LogP contribution in [-0.2, 0) is 4.79 Å². The minimum Gasteiger partial charge on any atom is -0.478 e. The molecule has 3 N–H and O–H groups in total. The maximum Gasteiger partial charge on any atom is 0.335 e. The number of H-pyrrole nitrogens is 1. The summed E-state index contributed by atoms with van der Waals surface area (Å²) in [6.07, 6.45) is 0. The fourth-order valence-corrected chi connectivity index (χ4v) is 3.74. The minimum absolute atomic E-state index is 0.0579. The van der Waals surface area contributed by atoms with E-state index in [1.165, 1.54) is 28.9 Å². The van der Waals surface area contributed by atoms with E-state index < -0.39 is 17.4 Å². The monoisotopic (exact) mass is 445 g/mol. The molecule has 0 radical (unpaired) electrons. The Morgan fingerprint density at radius 1 is 1.06 bits per heavy atom. The highest BCUT2D eigenvalue weighted by Gasteiger charge is 2.31. The number of carbonyl (C=O) groups excluding carboxylic acids is 1. The fourth-order valence-electron chi connectivity index (χ4n) is 3.74. The van der Waals surface area contributed by atoms with E-state index in [0.717, 1.165) is 18.8 Å².